The maximum Gasteiger partial charge on any atom is 0.193 e. The Labute approximate surface area is 164 Å². The average Bonchev–Trinajstić information content (AvgIpc) is 3.10. The van der Waals surface area contributed by atoms with E-state index in [2.05, 4.69) is 10.3 Å². The Bertz CT molecular complexity index is 662. The van der Waals surface area contributed by atoms with E-state index < -0.39 is 6.10 Å². The largest absolute Gasteiger partial charge is 0.494 e. The maximum atomic E-state index is 9.95. The first-order valence-electron chi connectivity index (χ1n) is 7.82. The molecule has 0 aliphatic rings. The van der Waals surface area contributed by atoms with Gasteiger partial charge < -0.3 is 30.0 Å². The van der Waals surface area contributed by atoms with Crippen LogP contribution in [-0.4, -0.2) is 30.8 Å². The molecule has 0 aliphatic carbocycles. The summed E-state index contributed by atoms with van der Waals surface area (Å²) in [5.41, 5.74) is 6.55. The number of nitrogens with zero attached hydrogens (tertiary/aromatic N) is 1. The van der Waals surface area contributed by atoms with Crippen molar-refractivity contribution < 1.29 is 19.0 Å². The Balaban J connectivity index is 0.00000312. The standard InChI is InChI=1S/C17H23N3O4.HI/c1-3-22-12-7-8-15(23-4-2)13(10-12)20-17(18)19-11-14(21)16-6-5-9-24-16;/h5-10,14,21H,3-4,11H2,1-2H3,(H3,18,19,20);1H. The van der Waals surface area contributed by atoms with Gasteiger partial charge in [-0.15, -0.1) is 24.0 Å². The molecule has 7 nitrogen and oxygen atoms in total. The minimum atomic E-state index is -0.846. The minimum Gasteiger partial charge on any atom is -0.494 e. The number of furan rings is 1. The summed E-state index contributed by atoms with van der Waals surface area (Å²) < 4.78 is 16.2. The van der Waals surface area contributed by atoms with Crippen molar-refractivity contribution in [2.24, 2.45) is 10.7 Å². The highest BCUT2D eigenvalue weighted by Gasteiger charge is 2.11. The number of aliphatic hydroxyl groups is 1. The van der Waals surface area contributed by atoms with Gasteiger partial charge in [0.15, 0.2) is 5.96 Å². The molecule has 0 saturated heterocycles. The van der Waals surface area contributed by atoms with Crippen molar-refractivity contribution in [1.82, 2.24) is 0 Å². The van der Waals surface area contributed by atoms with Crippen molar-refractivity contribution in [3.05, 3.63) is 42.4 Å². The van der Waals surface area contributed by atoms with Crippen molar-refractivity contribution in [2.45, 2.75) is 20.0 Å². The van der Waals surface area contributed by atoms with Crippen LogP contribution >= 0.6 is 24.0 Å². The molecule has 138 valence electrons. The lowest BCUT2D eigenvalue weighted by atomic mass is 10.2. The third-order valence-corrected chi connectivity index (χ3v) is 3.13. The van der Waals surface area contributed by atoms with Crippen LogP contribution < -0.4 is 20.5 Å². The lowest BCUT2D eigenvalue weighted by Crippen LogP contribution is -2.24. The molecule has 0 amide bonds. The van der Waals surface area contributed by atoms with Crippen molar-refractivity contribution in [3.8, 4) is 11.5 Å². The number of rotatable bonds is 8. The quantitative estimate of drug-likeness (QED) is 0.317. The average molecular weight is 461 g/mol. The molecule has 1 aromatic carbocycles. The Morgan fingerprint density at radius 3 is 2.68 bits per heavy atom. The van der Waals surface area contributed by atoms with Crippen LogP contribution in [0.2, 0.25) is 0 Å². The molecule has 2 rings (SSSR count). The van der Waals surface area contributed by atoms with Gasteiger partial charge in [-0.1, -0.05) is 0 Å². The molecule has 1 atom stereocenters. The van der Waals surface area contributed by atoms with Gasteiger partial charge in [-0.25, -0.2) is 4.99 Å². The van der Waals surface area contributed by atoms with E-state index in [1.807, 2.05) is 26.0 Å². The summed E-state index contributed by atoms with van der Waals surface area (Å²) in [6.45, 7) is 4.98. The number of anilines is 1. The number of ether oxygens (including phenoxy) is 2. The fourth-order valence-electron chi connectivity index (χ4n) is 2.08. The molecule has 0 radical (unpaired) electrons. The zero-order valence-corrected chi connectivity index (χ0v) is 16.6. The molecule has 0 aliphatic heterocycles. The zero-order chi connectivity index (χ0) is 17.4. The molecule has 8 heteroatoms. The van der Waals surface area contributed by atoms with Gasteiger partial charge in [-0.05, 0) is 38.1 Å². The summed E-state index contributed by atoms with van der Waals surface area (Å²) in [4.78, 5) is 4.13. The second-order valence-corrected chi connectivity index (χ2v) is 4.91. The Morgan fingerprint density at radius 1 is 1.28 bits per heavy atom. The van der Waals surface area contributed by atoms with Gasteiger partial charge in [-0.2, -0.15) is 0 Å². The zero-order valence-electron chi connectivity index (χ0n) is 14.3. The number of guanidine groups is 1. The van der Waals surface area contributed by atoms with E-state index in [0.29, 0.717) is 36.2 Å². The van der Waals surface area contributed by atoms with Gasteiger partial charge in [-0.3, -0.25) is 0 Å². The molecule has 0 fully saturated rings. The lowest BCUT2D eigenvalue weighted by Gasteiger charge is -2.14. The van der Waals surface area contributed by atoms with E-state index >= 15 is 0 Å². The topological polar surface area (TPSA) is 102 Å². The summed E-state index contributed by atoms with van der Waals surface area (Å²) in [5.74, 6) is 1.95. The van der Waals surface area contributed by atoms with Crippen LogP contribution in [0.3, 0.4) is 0 Å². The Morgan fingerprint density at radius 2 is 2.04 bits per heavy atom. The fourth-order valence-corrected chi connectivity index (χ4v) is 2.08. The monoisotopic (exact) mass is 461 g/mol. The molecule has 1 heterocycles. The van der Waals surface area contributed by atoms with E-state index in [1.54, 1.807) is 18.2 Å². The Kier molecular flexibility index (Phi) is 9.14. The second kappa shape index (κ2) is 10.8. The van der Waals surface area contributed by atoms with Crippen LogP contribution in [0.5, 0.6) is 11.5 Å². The van der Waals surface area contributed by atoms with Crippen LogP contribution in [0.4, 0.5) is 5.69 Å². The third-order valence-electron chi connectivity index (χ3n) is 3.13. The summed E-state index contributed by atoms with van der Waals surface area (Å²) in [6, 6.07) is 8.81. The summed E-state index contributed by atoms with van der Waals surface area (Å²) >= 11 is 0. The number of nitrogens with two attached hydrogens (primary N) is 1. The normalized spacial score (nSPS) is 12.2. The predicted octanol–water partition coefficient (Wildman–Crippen LogP) is 3.16. The summed E-state index contributed by atoms with van der Waals surface area (Å²) in [6.07, 6.45) is 0.652. The minimum absolute atomic E-state index is 0. The third kappa shape index (κ3) is 6.46. The maximum absolute atomic E-state index is 9.95. The highest BCUT2D eigenvalue weighted by atomic mass is 127. The van der Waals surface area contributed by atoms with Crippen LogP contribution in [0.15, 0.2) is 46.0 Å². The van der Waals surface area contributed by atoms with Crippen LogP contribution in [0.25, 0.3) is 0 Å². The fraction of sp³-hybridized carbons (Fsp3) is 0.353. The SMILES string of the molecule is CCOc1ccc(OCC)c(NC(N)=NCC(O)c2ccco2)c1.I. The number of aliphatic imine (C=N–C) groups is 1. The highest BCUT2D eigenvalue weighted by Crippen LogP contribution is 2.29. The first-order valence-corrected chi connectivity index (χ1v) is 7.82. The number of hydrogen-bond donors (Lipinski definition) is 3. The molecule has 2 aromatic rings. The van der Waals surface area contributed by atoms with Gasteiger partial charge in [0, 0.05) is 6.07 Å². The number of nitrogens with one attached hydrogen (secondary N) is 1. The molecular weight excluding hydrogens is 437 g/mol. The molecule has 1 unspecified atom stereocenters. The van der Waals surface area contributed by atoms with Gasteiger partial charge in [0.1, 0.15) is 23.4 Å². The van der Waals surface area contributed by atoms with Crippen molar-refractivity contribution >= 4 is 35.6 Å². The first kappa shape index (κ1) is 21.1. The molecule has 25 heavy (non-hydrogen) atoms. The summed E-state index contributed by atoms with van der Waals surface area (Å²) in [5, 5.41) is 12.9. The first-order chi connectivity index (χ1) is 11.6. The summed E-state index contributed by atoms with van der Waals surface area (Å²) in [7, 11) is 0. The smallest absolute Gasteiger partial charge is 0.193 e. The van der Waals surface area contributed by atoms with Gasteiger partial charge in [0.25, 0.3) is 0 Å². The number of benzene rings is 1. The van der Waals surface area contributed by atoms with Gasteiger partial charge in [0.2, 0.25) is 0 Å². The van der Waals surface area contributed by atoms with E-state index in [9.17, 15) is 5.11 Å². The van der Waals surface area contributed by atoms with Crippen LogP contribution in [0.1, 0.15) is 25.7 Å². The number of hydrogen-bond acceptors (Lipinski definition) is 5. The molecule has 0 saturated carbocycles. The van der Waals surface area contributed by atoms with Gasteiger partial charge >= 0.3 is 0 Å². The molecule has 4 N–H and O–H groups in total. The second-order valence-electron chi connectivity index (χ2n) is 4.91. The van der Waals surface area contributed by atoms with Crippen molar-refractivity contribution in [3.63, 3.8) is 0 Å². The van der Waals surface area contributed by atoms with E-state index in [-0.39, 0.29) is 36.5 Å². The number of aliphatic hydroxyl groups excluding tert-OH is 1. The molecule has 0 spiro atoms. The molecule has 0 bridgehead atoms. The van der Waals surface area contributed by atoms with Crippen LogP contribution in [-0.2, 0) is 0 Å². The Hall–Kier alpha value is -1.94. The van der Waals surface area contributed by atoms with Crippen LogP contribution in [0, 0.1) is 0 Å². The van der Waals surface area contributed by atoms with E-state index in [0.717, 1.165) is 0 Å². The van der Waals surface area contributed by atoms with E-state index in [1.165, 1.54) is 6.26 Å². The van der Waals surface area contributed by atoms with Gasteiger partial charge in [0.05, 0.1) is 31.7 Å². The molecular formula is C17H24IN3O4. The number of halogens is 1. The lowest BCUT2D eigenvalue weighted by molar-refractivity contribution is 0.158. The predicted molar refractivity (Wildman–Crippen MR) is 108 cm³/mol. The van der Waals surface area contributed by atoms with E-state index in [4.69, 9.17) is 19.6 Å². The van der Waals surface area contributed by atoms with Crippen molar-refractivity contribution in [2.75, 3.05) is 25.1 Å². The highest BCUT2D eigenvalue weighted by molar-refractivity contribution is 14.0. The molecule has 1 aromatic heterocycles. The van der Waals surface area contributed by atoms with Crippen molar-refractivity contribution in [1.29, 1.82) is 0 Å².